The third kappa shape index (κ3) is 11.7. The molecule has 2 amide bonds. The molecule has 0 radical (unpaired) electrons. The van der Waals surface area contributed by atoms with Crippen molar-refractivity contribution in [2.24, 2.45) is 0 Å². The second-order valence-electron chi connectivity index (χ2n) is 13.5. The summed E-state index contributed by atoms with van der Waals surface area (Å²) in [6.45, 7) is 9.13. The molecule has 0 fully saturated rings. The Morgan fingerprint density at radius 3 is 1.28 bits per heavy atom. The molecule has 0 spiro atoms. The number of hydrogen-bond donors (Lipinski definition) is 12. The Balaban J connectivity index is 0.000000550. The number of rotatable bonds is 12. The van der Waals surface area contributed by atoms with Gasteiger partial charge in [-0.3, -0.25) is 19.2 Å². The number of H-pyrrole nitrogens is 2. The summed E-state index contributed by atoms with van der Waals surface area (Å²) in [6.07, 6.45) is -1.18. The Hall–Kier alpha value is -5.76. The minimum absolute atomic E-state index is 0.0750. The van der Waals surface area contributed by atoms with Crippen molar-refractivity contribution in [2.45, 2.75) is 79.4 Å². The number of carboxylic acids is 2. The Morgan fingerprint density at radius 1 is 0.586 bits per heavy atom. The van der Waals surface area contributed by atoms with E-state index in [0.29, 0.717) is 39.4 Å². The second kappa shape index (κ2) is 21.1. The average Bonchev–Trinajstić information content (AvgIpc) is 3.83. The standard InChI is InChI=1S/C34H38N4O6.2C3H7NO3/c1-15-21(7-9-31(41)42)27-14-28-22(8-10-32(43)44)16(2)24(36-28)12-29-34(20(6)40)18(4)26(38-29)13-30-33(19(5)39)17(3)25(37-30)11-23(15)35-27;2*5-1-3(7)4-2-6/h11-14,19-20,37-40H,7-10H2,1-6H3,(H,41,42)(H,43,44);2*5-6H,1-2H2,(H,4,7). The molecule has 0 saturated carbocycles. The van der Waals surface area contributed by atoms with Crippen LogP contribution in [0, 0.1) is 13.8 Å². The third-order valence-corrected chi connectivity index (χ3v) is 9.49. The summed E-state index contributed by atoms with van der Waals surface area (Å²) >= 11 is 0. The number of aliphatic hydroxyl groups excluding tert-OH is 6. The zero-order chi connectivity index (χ0) is 43.4. The molecule has 58 heavy (non-hydrogen) atoms. The fraction of sp³-hybridized carbons (Fsp3) is 0.400. The van der Waals surface area contributed by atoms with Crippen LogP contribution >= 0.6 is 0 Å². The van der Waals surface area contributed by atoms with Gasteiger partial charge in [0.15, 0.2) is 0 Å². The molecule has 5 heterocycles. The number of fused-ring (bicyclic) bond motifs is 8. The number of allylic oxidation sites excluding steroid dienone is 4. The van der Waals surface area contributed by atoms with E-state index in [1.807, 2.05) is 62.6 Å². The molecule has 2 aliphatic heterocycles. The average molecular weight is 809 g/mol. The van der Waals surface area contributed by atoms with Crippen molar-refractivity contribution in [3.8, 4) is 0 Å². The highest BCUT2D eigenvalue weighted by Crippen LogP contribution is 2.39. The quantitative estimate of drug-likeness (QED) is 0.117. The van der Waals surface area contributed by atoms with E-state index in [-0.39, 0.29) is 25.7 Å². The number of carbonyl (C=O) groups is 4. The van der Waals surface area contributed by atoms with Gasteiger partial charge in [-0.1, -0.05) is 0 Å². The number of aromatic amines is 2. The highest BCUT2D eigenvalue weighted by Gasteiger charge is 2.23. The molecule has 18 nitrogen and oxygen atoms in total. The van der Waals surface area contributed by atoms with Gasteiger partial charge in [-0.15, -0.1) is 0 Å². The lowest BCUT2D eigenvalue weighted by Gasteiger charge is -2.05. The van der Waals surface area contributed by atoms with Gasteiger partial charge in [-0.2, -0.15) is 0 Å². The van der Waals surface area contributed by atoms with Crippen molar-refractivity contribution in [1.82, 2.24) is 30.6 Å². The zero-order valence-electron chi connectivity index (χ0n) is 33.2. The number of carboxylic acid groups (broad SMARTS) is 2. The molecular weight excluding hydrogens is 756 g/mol. The van der Waals surface area contributed by atoms with Gasteiger partial charge in [0.2, 0.25) is 11.8 Å². The molecule has 0 aromatic carbocycles. The number of amides is 2. The fourth-order valence-electron chi connectivity index (χ4n) is 6.61. The molecule has 3 aromatic heterocycles. The number of nitrogens with zero attached hydrogens (tertiary/aromatic N) is 2. The first kappa shape index (κ1) is 46.6. The summed E-state index contributed by atoms with van der Waals surface area (Å²) < 4.78 is 0. The van der Waals surface area contributed by atoms with Gasteiger partial charge in [0.1, 0.15) is 26.7 Å². The van der Waals surface area contributed by atoms with Gasteiger partial charge in [-0.05, 0) is 112 Å². The Kier molecular flexibility index (Phi) is 17.0. The molecule has 5 rings (SSSR count). The van der Waals surface area contributed by atoms with E-state index in [0.717, 1.165) is 50.0 Å². The molecule has 0 aliphatic carbocycles. The summed E-state index contributed by atoms with van der Waals surface area (Å²) in [5.41, 5.74) is 11.7. The molecule has 12 N–H and O–H groups in total. The fourth-order valence-corrected chi connectivity index (χ4v) is 6.61. The minimum atomic E-state index is -0.921. The molecule has 3 aromatic rings. The first-order valence-electron chi connectivity index (χ1n) is 18.3. The van der Waals surface area contributed by atoms with Crippen molar-refractivity contribution in [2.75, 3.05) is 26.7 Å². The van der Waals surface area contributed by atoms with Crippen molar-refractivity contribution in [3.63, 3.8) is 0 Å². The normalized spacial score (nSPS) is 13.2. The van der Waals surface area contributed by atoms with Crippen LogP contribution in [0.3, 0.4) is 0 Å². The highest BCUT2D eigenvalue weighted by molar-refractivity contribution is 5.96. The van der Waals surface area contributed by atoms with Crippen LogP contribution in [0.5, 0.6) is 0 Å². The molecule has 0 saturated heterocycles. The first-order chi connectivity index (χ1) is 27.4. The molecule has 2 aliphatic rings. The molecular formula is C40H52N6O12. The van der Waals surface area contributed by atoms with Crippen molar-refractivity contribution in [1.29, 1.82) is 0 Å². The number of aliphatic carboxylic acids is 2. The summed E-state index contributed by atoms with van der Waals surface area (Å²) in [4.78, 5) is 59.6. The SMILES string of the molecule is CC1=C(CCC(=O)O)c2cc3nc(cc4[nH]c(cc5[nH]c(cc1n2)c(C)c5C(C)O)c(C)c4C(C)O)C(C)=C3CCC(=O)O.O=C(CO)NCO.O=C(CO)NCO. The van der Waals surface area contributed by atoms with Gasteiger partial charge < -0.3 is 61.5 Å². The van der Waals surface area contributed by atoms with Gasteiger partial charge in [-0.25, -0.2) is 9.97 Å². The molecule has 2 unspecified atom stereocenters. The lowest BCUT2D eigenvalue weighted by molar-refractivity contribution is -0.137. The van der Waals surface area contributed by atoms with Crippen LogP contribution in [0.25, 0.3) is 44.4 Å². The molecule has 8 bridgehead atoms. The number of aryl methyl sites for hydroxylation is 2. The number of nitrogens with one attached hydrogen (secondary N) is 4. The number of hydrogen-bond acceptors (Lipinski definition) is 12. The van der Waals surface area contributed by atoms with E-state index in [9.17, 15) is 39.6 Å². The van der Waals surface area contributed by atoms with Crippen LogP contribution < -0.4 is 10.6 Å². The maximum absolute atomic E-state index is 11.6. The monoisotopic (exact) mass is 808 g/mol. The van der Waals surface area contributed by atoms with E-state index in [1.165, 1.54) is 0 Å². The van der Waals surface area contributed by atoms with E-state index >= 15 is 0 Å². The van der Waals surface area contributed by atoms with Crippen LogP contribution in [0.15, 0.2) is 24.3 Å². The molecule has 314 valence electrons. The first-order valence-corrected chi connectivity index (χ1v) is 18.3. The third-order valence-electron chi connectivity index (χ3n) is 9.49. The van der Waals surface area contributed by atoms with Crippen LogP contribution in [0.4, 0.5) is 0 Å². The minimum Gasteiger partial charge on any atom is -0.481 e. The van der Waals surface area contributed by atoms with E-state index in [4.69, 9.17) is 30.4 Å². The van der Waals surface area contributed by atoms with Crippen molar-refractivity contribution < 1.29 is 60.0 Å². The molecule has 18 heteroatoms. The zero-order valence-corrected chi connectivity index (χ0v) is 33.2. The summed E-state index contributed by atoms with van der Waals surface area (Å²) in [6, 6.07) is 7.51. The summed E-state index contributed by atoms with van der Waals surface area (Å²) in [5.74, 6) is -2.97. The van der Waals surface area contributed by atoms with Gasteiger partial charge >= 0.3 is 11.9 Å². The summed E-state index contributed by atoms with van der Waals surface area (Å²) in [5, 5.41) is 76.2. The van der Waals surface area contributed by atoms with Gasteiger partial charge in [0.05, 0.1) is 35.0 Å². The van der Waals surface area contributed by atoms with Crippen LogP contribution in [-0.4, -0.2) is 111 Å². The molecule has 2 atom stereocenters. The highest BCUT2D eigenvalue weighted by atomic mass is 16.4. The largest absolute Gasteiger partial charge is 0.481 e. The maximum Gasteiger partial charge on any atom is 0.303 e. The lowest BCUT2D eigenvalue weighted by atomic mass is 9.98. The van der Waals surface area contributed by atoms with E-state index in [2.05, 4.69) is 9.97 Å². The van der Waals surface area contributed by atoms with Gasteiger partial charge in [0, 0.05) is 46.0 Å². The van der Waals surface area contributed by atoms with Crippen LogP contribution in [0.2, 0.25) is 0 Å². The smallest absolute Gasteiger partial charge is 0.303 e. The topological polar surface area (TPSA) is 312 Å². The van der Waals surface area contributed by atoms with Gasteiger partial charge in [0.25, 0.3) is 0 Å². The maximum atomic E-state index is 11.6. The Labute approximate surface area is 333 Å². The second-order valence-corrected chi connectivity index (χ2v) is 13.5. The number of carbonyl (C=O) groups excluding carboxylic acids is 2. The number of aliphatic hydroxyl groups is 6. The predicted octanol–water partition coefficient (Wildman–Crippen LogP) is 2.72. The van der Waals surface area contributed by atoms with E-state index in [1.54, 1.807) is 13.8 Å². The Bertz CT molecular complexity index is 2230. The van der Waals surface area contributed by atoms with Crippen LogP contribution in [0.1, 0.15) is 111 Å². The van der Waals surface area contributed by atoms with Crippen molar-refractivity contribution in [3.05, 3.63) is 69.3 Å². The summed E-state index contributed by atoms with van der Waals surface area (Å²) in [7, 11) is 0. The van der Waals surface area contributed by atoms with Crippen molar-refractivity contribution >= 4 is 68.1 Å². The lowest BCUT2D eigenvalue weighted by Crippen LogP contribution is -2.26. The van der Waals surface area contributed by atoms with E-state index < -0.39 is 62.6 Å². The van der Waals surface area contributed by atoms with Crippen LogP contribution in [-0.2, 0) is 19.2 Å². The predicted molar refractivity (Wildman–Crippen MR) is 215 cm³/mol. The Morgan fingerprint density at radius 2 is 0.948 bits per heavy atom. The number of aromatic nitrogens is 4.